The maximum atomic E-state index is 14.2. The number of sulfonamides is 1. The van der Waals surface area contributed by atoms with Crippen molar-refractivity contribution in [3.8, 4) is 11.5 Å². The van der Waals surface area contributed by atoms with Crippen LogP contribution in [0.5, 0.6) is 11.5 Å². The normalized spacial score (nSPS) is 13.3. The third-order valence-corrected chi connectivity index (χ3v) is 8.77. The highest BCUT2D eigenvalue weighted by Gasteiger charge is 2.34. The van der Waals surface area contributed by atoms with E-state index >= 15 is 0 Å². The van der Waals surface area contributed by atoms with Crippen molar-refractivity contribution in [2.24, 2.45) is 5.92 Å². The van der Waals surface area contributed by atoms with Crippen LogP contribution in [0.3, 0.4) is 0 Å². The van der Waals surface area contributed by atoms with E-state index in [0.29, 0.717) is 25.3 Å². The molecule has 1 N–H and O–H groups in total. The zero-order chi connectivity index (χ0) is 31.1. The highest BCUT2D eigenvalue weighted by molar-refractivity contribution is 7.92. The molecule has 0 saturated heterocycles. The smallest absolute Gasteiger partial charge is 0.264 e. The maximum Gasteiger partial charge on any atom is 0.264 e. The topological polar surface area (TPSA) is 105 Å². The van der Waals surface area contributed by atoms with Gasteiger partial charge in [0, 0.05) is 19.2 Å². The van der Waals surface area contributed by atoms with Gasteiger partial charge in [0.1, 0.15) is 31.6 Å². The van der Waals surface area contributed by atoms with Gasteiger partial charge in [0.05, 0.1) is 10.6 Å². The summed E-state index contributed by atoms with van der Waals surface area (Å²) in [6.45, 7) is 8.19. The number of halogens is 1. The summed E-state index contributed by atoms with van der Waals surface area (Å²) in [4.78, 5) is 28.8. The van der Waals surface area contributed by atoms with Crippen molar-refractivity contribution >= 4 is 27.5 Å². The Balaban J connectivity index is 1.73. The van der Waals surface area contributed by atoms with Crippen LogP contribution in [0.2, 0.25) is 0 Å². The molecule has 1 heterocycles. The van der Waals surface area contributed by atoms with Gasteiger partial charge in [-0.25, -0.2) is 12.8 Å². The highest BCUT2D eigenvalue weighted by atomic mass is 32.2. The standard InChI is InChI=1S/C32H38FN3O6S/c1-5-28(32(38)34-19-22(2)3)35(20-24-8-6-7-23(4)17-24)31(37)21-36(26-11-9-25(33)10-12-26)43(39,40)27-13-14-29-30(18-27)42-16-15-41-29/h6-14,17-18,22,28H,5,15-16,19-21H2,1-4H3,(H,34,38)/t28-/m0/s1. The molecule has 9 nitrogen and oxygen atoms in total. The number of amides is 2. The molecule has 3 aromatic carbocycles. The zero-order valence-electron chi connectivity index (χ0n) is 24.9. The number of nitrogens with one attached hydrogen (secondary N) is 1. The minimum absolute atomic E-state index is 0.0927. The van der Waals surface area contributed by atoms with E-state index in [4.69, 9.17) is 9.47 Å². The van der Waals surface area contributed by atoms with Gasteiger partial charge in [-0.2, -0.15) is 0 Å². The summed E-state index contributed by atoms with van der Waals surface area (Å²) in [6.07, 6.45) is 0.312. The van der Waals surface area contributed by atoms with Crippen LogP contribution in [0.25, 0.3) is 0 Å². The maximum absolute atomic E-state index is 14.2. The molecule has 11 heteroatoms. The lowest BCUT2D eigenvalue weighted by Crippen LogP contribution is -2.52. The Kier molecular flexibility index (Phi) is 10.3. The number of benzene rings is 3. The van der Waals surface area contributed by atoms with Gasteiger partial charge in [0.15, 0.2) is 11.5 Å². The number of nitrogens with zero attached hydrogens (tertiary/aromatic N) is 2. The molecule has 0 bridgehead atoms. The van der Waals surface area contributed by atoms with Gasteiger partial charge >= 0.3 is 0 Å². The molecular weight excluding hydrogens is 573 g/mol. The monoisotopic (exact) mass is 611 g/mol. The van der Waals surface area contributed by atoms with Gasteiger partial charge in [-0.3, -0.25) is 13.9 Å². The zero-order valence-corrected chi connectivity index (χ0v) is 25.7. The Hall–Kier alpha value is -4.12. The summed E-state index contributed by atoms with van der Waals surface area (Å²) in [7, 11) is -4.36. The van der Waals surface area contributed by atoms with E-state index < -0.39 is 34.3 Å². The van der Waals surface area contributed by atoms with Crippen molar-refractivity contribution in [1.29, 1.82) is 0 Å². The quantitative estimate of drug-likeness (QED) is 0.319. The molecule has 2 amide bonds. The summed E-state index contributed by atoms with van der Waals surface area (Å²) >= 11 is 0. The third kappa shape index (κ3) is 7.84. The van der Waals surface area contributed by atoms with E-state index in [1.165, 1.54) is 35.2 Å². The van der Waals surface area contributed by atoms with Crippen LogP contribution < -0.4 is 19.1 Å². The first-order valence-corrected chi connectivity index (χ1v) is 15.7. The molecule has 3 aromatic rings. The second kappa shape index (κ2) is 13.9. The fourth-order valence-electron chi connectivity index (χ4n) is 4.80. The van der Waals surface area contributed by atoms with Crippen LogP contribution in [0.15, 0.2) is 71.6 Å². The molecule has 4 rings (SSSR count). The number of anilines is 1. The second-order valence-electron chi connectivity index (χ2n) is 10.9. The lowest BCUT2D eigenvalue weighted by atomic mass is 10.1. The number of rotatable bonds is 12. The van der Waals surface area contributed by atoms with Crippen LogP contribution in [0.4, 0.5) is 10.1 Å². The van der Waals surface area contributed by atoms with Gasteiger partial charge in [0.25, 0.3) is 10.0 Å². The Morgan fingerprint density at radius 1 is 0.977 bits per heavy atom. The van der Waals surface area contributed by atoms with Crippen molar-refractivity contribution in [1.82, 2.24) is 10.2 Å². The summed E-state index contributed by atoms with van der Waals surface area (Å²) < 4.78 is 54.1. The number of fused-ring (bicyclic) bond motifs is 1. The molecule has 0 radical (unpaired) electrons. The molecule has 0 aromatic heterocycles. The van der Waals surface area contributed by atoms with Crippen molar-refractivity contribution in [3.05, 3.63) is 83.7 Å². The van der Waals surface area contributed by atoms with Crippen molar-refractivity contribution in [2.75, 3.05) is 30.6 Å². The minimum Gasteiger partial charge on any atom is -0.486 e. The van der Waals surface area contributed by atoms with Crippen LogP contribution in [-0.4, -0.2) is 57.5 Å². The summed E-state index contributed by atoms with van der Waals surface area (Å²) in [5, 5.41) is 2.91. The predicted molar refractivity (Wildman–Crippen MR) is 162 cm³/mol. The summed E-state index contributed by atoms with van der Waals surface area (Å²) in [5.74, 6) is -0.573. The Morgan fingerprint density at radius 2 is 1.67 bits per heavy atom. The SMILES string of the molecule is CC[C@@H](C(=O)NCC(C)C)N(Cc1cccc(C)c1)C(=O)CN(c1ccc(F)cc1)S(=O)(=O)c1ccc2c(c1)OCCO2. The van der Waals surface area contributed by atoms with Crippen molar-refractivity contribution in [2.45, 2.75) is 51.6 Å². The summed E-state index contributed by atoms with van der Waals surface area (Å²) in [6, 6.07) is 15.8. The van der Waals surface area contributed by atoms with Crippen molar-refractivity contribution in [3.63, 3.8) is 0 Å². The summed E-state index contributed by atoms with van der Waals surface area (Å²) in [5.41, 5.74) is 1.88. The van der Waals surface area contributed by atoms with E-state index in [-0.39, 0.29) is 41.3 Å². The lowest BCUT2D eigenvalue weighted by Gasteiger charge is -2.33. The van der Waals surface area contributed by atoms with Gasteiger partial charge in [-0.1, -0.05) is 50.6 Å². The van der Waals surface area contributed by atoms with Gasteiger partial charge in [-0.05, 0) is 61.2 Å². The third-order valence-electron chi connectivity index (χ3n) is 7.00. The molecule has 0 unspecified atom stereocenters. The minimum atomic E-state index is -4.36. The van der Waals surface area contributed by atoms with E-state index in [1.807, 2.05) is 45.0 Å². The molecule has 0 fully saturated rings. The van der Waals surface area contributed by atoms with E-state index in [2.05, 4.69) is 5.32 Å². The molecule has 0 spiro atoms. The number of carbonyl (C=O) groups excluding carboxylic acids is 2. The van der Waals surface area contributed by atoms with E-state index in [9.17, 15) is 22.4 Å². The molecule has 1 aliphatic heterocycles. The van der Waals surface area contributed by atoms with Gasteiger partial charge < -0.3 is 19.7 Å². The van der Waals surface area contributed by atoms with Gasteiger partial charge in [0.2, 0.25) is 11.8 Å². The number of hydrogen-bond acceptors (Lipinski definition) is 6. The lowest BCUT2D eigenvalue weighted by molar-refractivity contribution is -0.140. The molecule has 1 atom stereocenters. The van der Waals surface area contributed by atoms with E-state index in [0.717, 1.165) is 27.6 Å². The van der Waals surface area contributed by atoms with Gasteiger partial charge in [-0.15, -0.1) is 0 Å². The Labute approximate surface area is 252 Å². The Bertz CT molecular complexity index is 1540. The average molecular weight is 612 g/mol. The fourth-order valence-corrected chi connectivity index (χ4v) is 6.23. The average Bonchev–Trinajstić information content (AvgIpc) is 2.98. The molecule has 230 valence electrons. The number of carbonyl (C=O) groups is 2. The van der Waals surface area contributed by atoms with Crippen LogP contribution >= 0.6 is 0 Å². The molecule has 1 aliphatic rings. The first kappa shape index (κ1) is 31.8. The number of ether oxygens (including phenoxy) is 2. The molecule has 0 aliphatic carbocycles. The molecule has 0 saturated carbocycles. The predicted octanol–water partition coefficient (Wildman–Crippen LogP) is 4.68. The van der Waals surface area contributed by atoms with Crippen LogP contribution in [0.1, 0.15) is 38.3 Å². The fraction of sp³-hybridized carbons (Fsp3) is 0.375. The van der Waals surface area contributed by atoms with Crippen LogP contribution in [-0.2, 0) is 26.2 Å². The highest BCUT2D eigenvalue weighted by Crippen LogP contribution is 2.34. The largest absolute Gasteiger partial charge is 0.486 e. The second-order valence-corrected chi connectivity index (χ2v) is 12.7. The van der Waals surface area contributed by atoms with Crippen molar-refractivity contribution < 1.29 is 31.9 Å². The Morgan fingerprint density at radius 3 is 2.33 bits per heavy atom. The van der Waals surface area contributed by atoms with E-state index in [1.54, 1.807) is 6.92 Å². The first-order chi connectivity index (χ1) is 20.5. The molecular formula is C32H38FN3O6S. The first-order valence-electron chi connectivity index (χ1n) is 14.3. The number of aryl methyl sites for hydroxylation is 1. The number of hydrogen-bond donors (Lipinski definition) is 1. The molecule has 43 heavy (non-hydrogen) atoms. The van der Waals surface area contributed by atoms with Crippen LogP contribution in [0, 0.1) is 18.7 Å².